The van der Waals surface area contributed by atoms with Gasteiger partial charge in [-0.1, -0.05) is 48.5 Å². The number of methoxy groups -OCH3 is 1. The van der Waals surface area contributed by atoms with E-state index in [1.54, 1.807) is 7.11 Å². The fourth-order valence-corrected chi connectivity index (χ4v) is 2.81. The van der Waals surface area contributed by atoms with E-state index >= 15 is 0 Å². The van der Waals surface area contributed by atoms with Crippen molar-refractivity contribution in [2.45, 2.75) is 13.0 Å². The molecule has 0 radical (unpaired) electrons. The molecular weight excluding hydrogens is 258 g/mol. The Labute approximate surface area is 125 Å². The SMILES string of the molecule is COc1ccc(C(N)c2cccc3ccccc23)c(C)c1. The molecule has 1 atom stereocenters. The van der Waals surface area contributed by atoms with Gasteiger partial charge < -0.3 is 10.5 Å². The second-order valence-corrected chi connectivity index (χ2v) is 5.27. The highest BCUT2D eigenvalue weighted by molar-refractivity contribution is 5.86. The van der Waals surface area contributed by atoms with Crippen LogP contribution in [0.2, 0.25) is 0 Å². The molecule has 2 nitrogen and oxygen atoms in total. The van der Waals surface area contributed by atoms with Crippen LogP contribution in [-0.4, -0.2) is 7.11 Å². The van der Waals surface area contributed by atoms with Crippen LogP contribution >= 0.6 is 0 Å². The predicted octanol–water partition coefficient (Wildman–Crippen LogP) is 4.20. The Hall–Kier alpha value is -2.32. The quantitative estimate of drug-likeness (QED) is 0.778. The Morgan fingerprint density at radius 1 is 0.905 bits per heavy atom. The fraction of sp³-hybridized carbons (Fsp3) is 0.158. The summed E-state index contributed by atoms with van der Waals surface area (Å²) in [4.78, 5) is 0. The van der Waals surface area contributed by atoms with Gasteiger partial charge in [-0.2, -0.15) is 0 Å². The second-order valence-electron chi connectivity index (χ2n) is 5.27. The molecule has 3 aromatic carbocycles. The van der Waals surface area contributed by atoms with E-state index in [4.69, 9.17) is 10.5 Å². The van der Waals surface area contributed by atoms with E-state index in [1.807, 2.05) is 12.1 Å². The first-order chi connectivity index (χ1) is 10.2. The summed E-state index contributed by atoms with van der Waals surface area (Å²) in [6.45, 7) is 2.07. The highest BCUT2D eigenvalue weighted by atomic mass is 16.5. The zero-order valence-electron chi connectivity index (χ0n) is 12.3. The standard InChI is InChI=1S/C19H19NO/c1-13-12-15(21-2)10-11-16(13)19(20)18-9-5-7-14-6-3-4-8-17(14)18/h3-12,19H,20H2,1-2H3. The van der Waals surface area contributed by atoms with Crippen molar-refractivity contribution in [2.24, 2.45) is 5.73 Å². The number of hydrogen-bond donors (Lipinski definition) is 1. The number of rotatable bonds is 3. The second kappa shape index (κ2) is 5.58. The number of fused-ring (bicyclic) bond motifs is 1. The number of benzene rings is 3. The first-order valence-corrected chi connectivity index (χ1v) is 7.08. The number of ether oxygens (including phenoxy) is 1. The molecule has 3 rings (SSSR count). The molecule has 0 aromatic heterocycles. The summed E-state index contributed by atoms with van der Waals surface area (Å²) < 4.78 is 5.26. The molecule has 0 aliphatic rings. The first-order valence-electron chi connectivity index (χ1n) is 7.08. The minimum absolute atomic E-state index is 0.137. The maximum Gasteiger partial charge on any atom is 0.119 e. The zero-order chi connectivity index (χ0) is 14.8. The monoisotopic (exact) mass is 277 g/mol. The molecule has 106 valence electrons. The van der Waals surface area contributed by atoms with Crippen molar-refractivity contribution in [3.63, 3.8) is 0 Å². The van der Waals surface area contributed by atoms with Gasteiger partial charge in [0.2, 0.25) is 0 Å². The van der Waals surface area contributed by atoms with Crippen LogP contribution in [0.15, 0.2) is 60.7 Å². The molecule has 0 saturated heterocycles. The third kappa shape index (κ3) is 2.50. The first kappa shape index (κ1) is 13.7. The topological polar surface area (TPSA) is 35.2 Å². The van der Waals surface area contributed by atoms with Gasteiger partial charge in [0.05, 0.1) is 13.2 Å². The zero-order valence-corrected chi connectivity index (χ0v) is 12.3. The van der Waals surface area contributed by atoms with Crippen molar-refractivity contribution >= 4 is 10.8 Å². The Bertz CT molecular complexity index is 774. The van der Waals surface area contributed by atoms with E-state index in [2.05, 4.69) is 55.5 Å². The molecule has 2 heteroatoms. The summed E-state index contributed by atoms with van der Waals surface area (Å²) in [5.41, 5.74) is 9.97. The minimum atomic E-state index is -0.137. The molecule has 0 saturated carbocycles. The molecule has 0 amide bonds. The smallest absolute Gasteiger partial charge is 0.119 e. The van der Waals surface area contributed by atoms with Crippen molar-refractivity contribution in [3.8, 4) is 5.75 Å². The highest BCUT2D eigenvalue weighted by Crippen LogP contribution is 2.30. The van der Waals surface area contributed by atoms with Crippen molar-refractivity contribution < 1.29 is 4.74 Å². The van der Waals surface area contributed by atoms with Gasteiger partial charge in [0, 0.05) is 0 Å². The molecule has 0 aliphatic heterocycles. The summed E-state index contributed by atoms with van der Waals surface area (Å²) in [6, 6.07) is 20.6. The van der Waals surface area contributed by atoms with Gasteiger partial charge in [0.25, 0.3) is 0 Å². The molecule has 0 heterocycles. The normalized spacial score (nSPS) is 12.3. The summed E-state index contributed by atoms with van der Waals surface area (Å²) in [5.74, 6) is 0.862. The van der Waals surface area contributed by atoms with Gasteiger partial charge in [-0.25, -0.2) is 0 Å². The number of aryl methyl sites for hydroxylation is 1. The van der Waals surface area contributed by atoms with Gasteiger partial charge in [-0.3, -0.25) is 0 Å². The third-order valence-corrected chi connectivity index (χ3v) is 3.97. The molecule has 0 aliphatic carbocycles. The van der Waals surface area contributed by atoms with Gasteiger partial charge >= 0.3 is 0 Å². The van der Waals surface area contributed by atoms with Crippen LogP contribution in [0.1, 0.15) is 22.7 Å². The lowest BCUT2D eigenvalue weighted by Crippen LogP contribution is -2.13. The third-order valence-electron chi connectivity index (χ3n) is 3.97. The summed E-state index contributed by atoms with van der Waals surface area (Å²) in [5, 5.41) is 2.43. The molecule has 1 unspecified atom stereocenters. The lowest BCUT2D eigenvalue weighted by Gasteiger charge is -2.18. The largest absolute Gasteiger partial charge is 0.497 e. The molecule has 3 aromatic rings. The maximum atomic E-state index is 6.53. The van der Waals surface area contributed by atoms with E-state index in [9.17, 15) is 0 Å². The van der Waals surface area contributed by atoms with E-state index in [0.29, 0.717) is 0 Å². The molecule has 0 spiro atoms. The van der Waals surface area contributed by atoms with E-state index in [-0.39, 0.29) is 6.04 Å². The van der Waals surface area contributed by atoms with Crippen molar-refractivity contribution in [1.82, 2.24) is 0 Å². The summed E-state index contributed by atoms with van der Waals surface area (Å²) in [7, 11) is 1.68. The van der Waals surface area contributed by atoms with Crippen molar-refractivity contribution in [2.75, 3.05) is 7.11 Å². The molecule has 0 bridgehead atoms. The fourth-order valence-electron chi connectivity index (χ4n) is 2.81. The average Bonchev–Trinajstić information content (AvgIpc) is 2.53. The van der Waals surface area contributed by atoms with Gasteiger partial charge in [-0.15, -0.1) is 0 Å². The van der Waals surface area contributed by atoms with E-state index in [0.717, 1.165) is 22.4 Å². The van der Waals surface area contributed by atoms with E-state index < -0.39 is 0 Å². The average molecular weight is 277 g/mol. The Kier molecular flexibility index (Phi) is 3.63. The lowest BCUT2D eigenvalue weighted by molar-refractivity contribution is 0.414. The van der Waals surface area contributed by atoms with Crippen LogP contribution in [0.25, 0.3) is 10.8 Å². The summed E-state index contributed by atoms with van der Waals surface area (Å²) >= 11 is 0. The number of nitrogens with two attached hydrogens (primary N) is 1. The van der Waals surface area contributed by atoms with Crippen molar-refractivity contribution in [3.05, 3.63) is 77.4 Å². The Balaban J connectivity index is 2.10. The van der Waals surface area contributed by atoms with Crippen LogP contribution in [0.3, 0.4) is 0 Å². The highest BCUT2D eigenvalue weighted by Gasteiger charge is 2.14. The molecule has 0 fully saturated rings. The Morgan fingerprint density at radius 3 is 2.43 bits per heavy atom. The van der Waals surface area contributed by atoms with Gasteiger partial charge in [0.15, 0.2) is 0 Å². The van der Waals surface area contributed by atoms with Crippen LogP contribution in [-0.2, 0) is 0 Å². The van der Waals surface area contributed by atoms with Gasteiger partial charge in [-0.05, 0) is 46.5 Å². The van der Waals surface area contributed by atoms with Crippen molar-refractivity contribution in [1.29, 1.82) is 0 Å². The molecule has 21 heavy (non-hydrogen) atoms. The minimum Gasteiger partial charge on any atom is -0.497 e. The van der Waals surface area contributed by atoms with Crippen LogP contribution in [0, 0.1) is 6.92 Å². The molecular formula is C19H19NO. The van der Waals surface area contributed by atoms with Crippen LogP contribution in [0.5, 0.6) is 5.75 Å². The van der Waals surface area contributed by atoms with Crippen LogP contribution in [0.4, 0.5) is 0 Å². The van der Waals surface area contributed by atoms with Gasteiger partial charge in [0.1, 0.15) is 5.75 Å². The van der Waals surface area contributed by atoms with Crippen LogP contribution < -0.4 is 10.5 Å². The predicted molar refractivity (Wildman–Crippen MR) is 87.7 cm³/mol. The molecule has 2 N–H and O–H groups in total. The Morgan fingerprint density at radius 2 is 1.67 bits per heavy atom. The number of hydrogen-bond acceptors (Lipinski definition) is 2. The maximum absolute atomic E-state index is 6.53. The summed E-state index contributed by atoms with van der Waals surface area (Å²) in [6.07, 6.45) is 0. The van der Waals surface area contributed by atoms with E-state index in [1.165, 1.54) is 10.8 Å². The lowest BCUT2D eigenvalue weighted by atomic mass is 9.92.